The second-order valence-corrected chi connectivity index (χ2v) is 7.79. The van der Waals surface area contributed by atoms with Gasteiger partial charge in [-0.3, -0.25) is 9.69 Å². The molecule has 0 unspecified atom stereocenters. The first-order chi connectivity index (χ1) is 12.1. The number of pyridine rings is 1. The van der Waals surface area contributed by atoms with Crippen LogP contribution in [0.5, 0.6) is 0 Å². The smallest absolute Gasteiger partial charge is 0.222 e. The highest BCUT2D eigenvalue weighted by Crippen LogP contribution is 2.19. The number of anilines is 1. The number of piperazine rings is 1. The number of rotatable bonds is 6. The summed E-state index contributed by atoms with van der Waals surface area (Å²) in [5.74, 6) is 2.06. The fraction of sp³-hybridized carbons (Fsp3) is 0.700. The Labute approximate surface area is 152 Å². The van der Waals surface area contributed by atoms with Crippen molar-refractivity contribution in [1.82, 2.24) is 14.8 Å². The van der Waals surface area contributed by atoms with Crippen LogP contribution in [-0.2, 0) is 11.2 Å². The van der Waals surface area contributed by atoms with Gasteiger partial charge in [-0.15, -0.1) is 0 Å². The van der Waals surface area contributed by atoms with Crippen LogP contribution in [0.15, 0.2) is 18.3 Å². The van der Waals surface area contributed by atoms with E-state index in [1.165, 1.54) is 18.4 Å². The molecule has 25 heavy (non-hydrogen) atoms. The van der Waals surface area contributed by atoms with Crippen molar-refractivity contribution in [2.24, 2.45) is 5.92 Å². The van der Waals surface area contributed by atoms with Gasteiger partial charge in [0.2, 0.25) is 5.91 Å². The molecule has 0 radical (unpaired) electrons. The number of carbonyl (C=O) groups excluding carboxylic acids is 1. The number of amides is 1. The third kappa shape index (κ3) is 5.18. The fourth-order valence-corrected chi connectivity index (χ4v) is 3.84. The van der Waals surface area contributed by atoms with Gasteiger partial charge in [0.25, 0.3) is 0 Å². The lowest BCUT2D eigenvalue weighted by molar-refractivity contribution is -0.132. The van der Waals surface area contributed by atoms with E-state index in [1.807, 2.05) is 17.2 Å². The quantitative estimate of drug-likeness (QED) is 0.794. The van der Waals surface area contributed by atoms with Crippen LogP contribution in [0, 0.1) is 5.92 Å². The molecule has 0 atom stereocenters. The highest BCUT2D eigenvalue weighted by atomic mass is 16.2. The van der Waals surface area contributed by atoms with Crippen LogP contribution in [-0.4, -0.2) is 66.5 Å². The molecule has 5 nitrogen and oxygen atoms in total. The molecule has 1 amide bonds. The lowest BCUT2D eigenvalue weighted by atomic mass is 10.1. The van der Waals surface area contributed by atoms with E-state index < -0.39 is 0 Å². The van der Waals surface area contributed by atoms with Crippen LogP contribution < -0.4 is 4.90 Å². The minimum atomic E-state index is 0.295. The Hall–Kier alpha value is -1.62. The van der Waals surface area contributed by atoms with Crippen molar-refractivity contribution in [2.45, 2.75) is 39.5 Å². The van der Waals surface area contributed by atoms with Crippen molar-refractivity contribution in [1.29, 1.82) is 0 Å². The van der Waals surface area contributed by atoms with Gasteiger partial charge in [0.15, 0.2) is 0 Å². The summed E-state index contributed by atoms with van der Waals surface area (Å²) in [6.07, 6.45) is 5.82. The van der Waals surface area contributed by atoms with E-state index in [4.69, 9.17) is 0 Å². The standard InChI is InChI=1S/C20H32N4O/c1-17(2)16-22-11-13-24(14-12-22)20(25)6-5-18-7-8-21-19(15-18)23-9-3-4-10-23/h7-8,15,17H,3-6,9-14,16H2,1-2H3. The van der Waals surface area contributed by atoms with Gasteiger partial charge in [-0.05, 0) is 42.9 Å². The number of nitrogens with zero attached hydrogens (tertiary/aromatic N) is 4. The molecular formula is C20H32N4O. The Kier molecular flexibility index (Phi) is 6.29. The molecular weight excluding hydrogens is 312 g/mol. The van der Waals surface area contributed by atoms with E-state index in [1.54, 1.807) is 0 Å². The summed E-state index contributed by atoms with van der Waals surface area (Å²) >= 11 is 0. The van der Waals surface area contributed by atoms with E-state index >= 15 is 0 Å². The molecule has 0 bridgehead atoms. The third-order valence-corrected chi connectivity index (χ3v) is 5.22. The van der Waals surface area contributed by atoms with Gasteiger partial charge in [-0.25, -0.2) is 4.98 Å². The number of aromatic nitrogens is 1. The molecule has 2 aliphatic rings. The van der Waals surface area contributed by atoms with E-state index in [-0.39, 0.29) is 0 Å². The van der Waals surface area contributed by atoms with Crippen LogP contribution in [0.1, 0.15) is 38.7 Å². The maximum absolute atomic E-state index is 12.5. The number of carbonyl (C=O) groups is 1. The van der Waals surface area contributed by atoms with E-state index in [9.17, 15) is 4.79 Å². The molecule has 0 spiro atoms. The molecule has 3 rings (SSSR count). The summed E-state index contributed by atoms with van der Waals surface area (Å²) in [5, 5.41) is 0. The van der Waals surface area contributed by atoms with Crippen LogP contribution >= 0.6 is 0 Å². The molecule has 2 saturated heterocycles. The number of hydrogen-bond donors (Lipinski definition) is 0. The van der Waals surface area contributed by atoms with E-state index in [2.05, 4.69) is 34.7 Å². The van der Waals surface area contributed by atoms with Crippen LogP contribution in [0.25, 0.3) is 0 Å². The van der Waals surface area contributed by atoms with Gasteiger partial charge >= 0.3 is 0 Å². The second kappa shape index (κ2) is 8.65. The second-order valence-electron chi connectivity index (χ2n) is 7.79. The van der Waals surface area contributed by atoms with Gasteiger partial charge in [0, 0.05) is 58.4 Å². The Bertz CT molecular complexity index is 561. The molecule has 5 heteroatoms. The maximum Gasteiger partial charge on any atom is 0.222 e. The molecule has 2 aliphatic heterocycles. The Morgan fingerprint density at radius 3 is 2.52 bits per heavy atom. The minimum absolute atomic E-state index is 0.295. The molecule has 138 valence electrons. The lowest BCUT2D eigenvalue weighted by Crippen LogP contribution is -2.49. The van der Waals surface area contributed by atoms with Crippen LogP contribution in [0.2, 0.25) is 0 Å². The Morgan fingerprint density at radius 1 is 1.12 bits per heavy atom. The number of aryl methyl sites for hydroxylation is 1. The summed E-state index contributed by atoms with van der Waals surface area (Å²) in [4.78, 5) is 23.9. The summed E-state index contributed by atoms with van der Waals surface area (Å²) in [7, 11) is 0. The van der Waals surface area contributed by atoms with Crippen molar-refractivity contribution >= 4 is 11.7 Å². The molecule has 2 fully saturated rings. The van der Waals surface area contributed by atoms with Crippen molar-refractivity contribution in [3.8, 4) is 0 Å². The molecule has 1 aromatic rings. The zero-order valence-electron chi connectivity index (χ0n) is 15.8. The Balaban J connectivity index is 1.45. The number of hydrogen-bond acceptors (Lipinski definition) is 4. The van der Waals surface area contributed by atoms with Gasteiger partial charge in [0.1, 0.15) is 5.82 Å². The van der Waals surface area contributed by atoms with Crippen molar-refractivity contribution in [3.63, 3.8) is 0 Å². The monoisotopic (exact) mass is 344 g/mol. The van der Waals surface area contributed by atoms with Gasteiger partial charge < -0.3 is 9.80 Å². The third-order valence-electron chi connectivity index (χ3n) is 5.22. The van der Waals surface area contributed by atoms with Gasteiger partial charge in [-0.2, -0.15) is 0 Å². The predicted octanol–water partition coefficient (Wildman–Crippen LogP) is 2.41. The van der Waals surface area contributed by atoms with Crippen LogP contribution in [0.4, 0.5) is 5.82 Å². The lowest BCUT2D eigenvalue weighted by Gasteiger charge is -2.35. The summed E-state index contributed by atoms with van der Waals surface area (Å²) in [5.41, 5.74) is 1.23. The first-order valence-corrected chi connectivity index (χ1v) is 9.82. The normalized spacial score (nSPS) is 19.0. The largest absolute Gasteiger partial charge is 0.357 e. The zero-order chi connectivity index (χ0) is 17.6. The maximum atomic E-state index is 12.5. The zero-order valence-corrected chi connectivity index (χ0v) is 15.8. The average Bonchev–Trinajstić information content (AvgIpc) is 3.15. The predicted molar refractivity (Wildman–Crippen MR) is 102 cm³/mol. The van der Waals surface area contributed by atoms with Crippen molar-refractivity contribution in [2.75, 3.05) is 50.7 Å². The summed E-state index contributed by atoms with van der Waals surface area (Å²) in [6, 6.07) is 4.21. The summed E-state index contributed by atoms with van der Waals surface area (Å²) in [6.45, 7) is 11.6. The molecule has 1 aromatic heterocycles. The highest BCUT2D eigenvalue weighted by Gasteiger charge is 2.21. The Morgan fingerprint density at radius 2 is 1.84 bits per heavy atom. The van der Waals surface area contributed by atoms with E-state index in [0.717, 1.165) is 58.1 Å². The van der Waals surface area contributed by atoms with Gasteiger partial charge in [0.05, 0.1) is 0 Å². The highest BCUT2D eigenvalue weighted by molar-refractivity contribution is 5.76. The SMILES string of the molecule is CC(C)CN1CCN(C(=O)CCc2ccnc(N3CCCC3)c2)CC1. The average molecular weight is 345 g/mol. The molecule has 0 aromatic carbocycles. The fourth-order valence-electron chi connectivity index (χ4n) is 3.84. The molecule has 0 aliphatic carbocycles. The first-order valence-electron chi connectivity index (χ1n) is 9.82. The first kappa shape index (κ1) is 18.2. The van der Waals surface area contributed by atoms with Crippen molar-refractivity contribution in [3.05, 3.63) is 23.9 Å². The molecule has 3 heterocycles. The molecule has 0 N–H and O–H groups in total. The summed E-state index contributed by atoms with van der Waals surface area (Å²) < 4.78 is 0. The minimum Gasteiger partial charge on any atom is -0.357 e. The topological polar surface area (TPSA) is 39.7 Å². The van der Waals surface area contributed by atoms with Crippen LogP contribution in [0.3, 0.4) is 0 Å². The van der Waals surface area contributed by atoms with E-state index in [0.29, 0.717) is 18.2 Å². The van der Waals surface area contributed by atoms with Gasteiger partial charge in [-0.1, -0.05) is 13.8 Å². The molecule has 0 saturated carbocycles. The van der Waals surface area contributed by atoms with Crippen molar-refractivity contribution < 1.29 is 4.79 Å².